The highest BCUT2D eigenvalue weighted by Crippen LogP contribution is 2.32. The maximum atomic E-state index is 13.5. The minimum absolute atomic E-state index is 0.0392. The van der Waals surface area contributed by atoms with Gasteiger partial charge in [0, 0.05) is 30.4 Å². The molecule has 0 saturated heterocycles. The summed E-state index contributed by atoms with van der Waals surface area (Å²) in [5.41, 5.74) is 1.29. The summed E-state index contributed by atoms with van der Waals surface area (Å²) in [5, 5.41) is 0. The van der Waals surface area contributed by atoms with Gasteiger partial charge in [0.2, 0.25) is 11.7 Å². The number of nitrogens with zero attached hydrogens (tertiary/aromatic N) is 2. The number of amides is 1. The molecule has 0 spiro atoms. The molecule has 0 radical (unpaired) electrons. The second-order valence-electron chi connectivity index (χ2n) is 7.84. The van der Waals surface area contributed by atoms with E-state index in [1.54, 1.807) is 42.5 Å². The number of benzene rings is 2. The standard InChI is InChI=1S/C25H22N2O6S/c1-16-9-11-20(12-10-16)34(31,32)27-15-18(14-26(17(2)28)19-7-5-4-6-8-19)23-21(29)13-22(33-3)25(30)24(23)27/h4-13,15H,14H2,1-3H3. The third kappa shape index (κ3) is 3.94. The molecule has 1 aliphatic carbocycles. The van der Waals surface area contributed by atoms with Crippen molar-refractivity contribution >= 4 is 33.2 Å². The van der Waals surface area contributed by atoms with Crippen LogP contribution < -0.4 is 4.90 Å². The monoisotopic (exact) mass is 478 g/mol. The summed E-state index contributed by atoms with van der Waals surface area (Å²) in [7, 11) is -2.99. The lowest BCUT2D eigenvalue weighted by atomic mass is 9.97. The van der Waals surface area contributed by atoms with Gasteiger partial charge in [0.05, 0.1) is 24.1 Å². The molecular formula is C25H22N2O6S. The summed E-state index contributed by atoms with van der Waals surface area (Å²) in [6.45, 7) is 3.09. The van der Waals surface area contributed by atoms with Crippen molar-refractivity contribution in [2.24, 2.45) is 0 Å². The van der Waals surface area contributed by atoms with E-state index in [1.807, 2.05) is 6.92 Å². The second-order valence-corrected chi connectivity index (χ2v) is 9.65. The van der Waals surface area contributed by atoms with E-state index in [2.05, 4.69) is 0 Å². The van der Waals surface area contributed by atoms with Crippen molar-refractivity contribution in [3.05, 3.63) is 95.0 Å². The molecule has 1 aromatic heterocycles. The maximum Gasteiger partial charge on any atom is 0.268 e. The van der Waals surface area contributed by atoms with Crippen molar-refractivity contribution in [2.75, 3.05) is 12.0 Å². The Morgan fingerprint density at radius 2 is 1.68 bits per heavy atom. The number of aryl methyl sites for hydroxylation is 1. The van der Waals surface area contributed by atoms with Crippen LogP contribution in [0.15, 0.2) is 77.5 Å². The van der Waals surface area contributed by atoms with E-state index in [1.165, 1.54) is 37.3 Å². The Kier molecular flexibility index (Phi) is 5.97. The van der Waals surface area contributed by atoms with Gasteiger partial charge in [-0.1, -0.05) is 35.9 Å². The number of aromatic nitrogens is 1. The average Bonchev–Trinajstić information content (AvgIpc) is 3.21. The van der Waals surface area contributed by atoms with Gasteiger partial charge in [0.15, 0.2) is 11.5 Å². The molecule has 0 atom stereocenters. The first kappa shape index (κ1) is 23.2. The lowest BCUT2D eigenvalue weighted by molar-refractivity contribution is -0.116. The van der Waals surface area contributed by atoms with E-state index in [0.29, 0.717) is 5.69 Å². The zero-order valence-corrected chi connectivity index (χ0v) is 19.6. The molecule has 0 N–H and O–H groups in total. The highest BCUT2D eigenvalue weighted by molar-refractivity contribution is 7.90. The topological polar surface area (TPSA) is 103 Å². The third-order valence-corrected chi connectivity index (χ3v) is 7.25. The summed E-state index contributed by atoms with van der Waals surface area (Å²) in [6.07, 6.45) is 2.28. The Morgan fingerprint density at radius 3 is 2.26 bits per heavy atom. The van der Waals surface area contributed by atoms with Crippen molar-refractivity contribution in [1.29, 1.82) is 0 Å². The Morgan fingerprint density at radius 1 is 1.03 bits per heavy atom. The first-order valence-electron chi connectivity index (χ1n) is 10.4. The van der Waals surface area contributed by atoms with Gasteiger partial charge in [-0.2, -0.15) is 0 Å². The Balaban J connectivity index is 1.92. The molecule has 34 heavy (non-hydrogen) atoms. The number of para-hydroxylation sites is 1. The number of hydrogen-bond donors (Lipinski definition) is 0. The van der Waals surface area contributed by atoms with Crippen LogP contribution in [-0.4, -0.2) is 37.0 Å². The lowest BCUT2D eigenvalue weighted by Gasteiger charge is -2.21. The molecule has 174 valence electrons. The zero-order valence-electron chi connectivity index (χ0n) is 18.8. The average molecular weight is 479 g/mol. The Bertz CT molecular complexity index is 1430. The highest BCUT2D eigenvalue weighted by atomic mass is 32.2. The maximum absolute atomic E-state index is 13.5. The zero-order chi connectivity index (χ0) is 24.6. The van der Waals surface area contributed by atoms with Crippen LogP contribution in [0.25, 0.3) is 0 Å². The van der Waals surface area contributed by atoms with Crippen LogP contribution in [-0.2, 0) is 26.1 Å². The number of fused-ring (bicyclic) bond motifs is 1. The van der Waals surface area contributed by atoms with Crippen LogP contribution in [0.4, 0.5) is 5.69 Å². The van der Waals surface area contributed by atoms with Gasteiger partial charge in [-0.15, -0.1) is 0 Å². The molecule has 0 aliphatic heterocycles. The fourth-order valence-corrected chi connectivity index (χ4v) is 5.23. The number of ketones is 2. The van der Waals surface area contributed by atoms with Gasteiger partial charge in [-0.3, -0.25) is 14.4 Å². The largest absolute Gasteiger partial charge is 0.492 e. The van der Waals surface area contributed by atoms with Crippen molar-refractivity contribution in [3.63, 3.8) is 0 Å². The number of carbonyl (C=O) groups is 3. The number of rotatable bonds is 6. The van der Waals surface area contributed by atoms with E-state index in [-0.39, 0.29) is 39.9 Å². The van der Waals surface area contributed by atoms with Gasteiger partial charge in [-0.05, 0) is 31.2 Å². The summed E-state index contributed by atoms with van der Waals surface area (Å²) >= 11 is 0. The third-order valence-electron chi connectivity index (χ3n) is 5.57. The summed E-state index contributed by atoms with van der Waals surface area (Å²) < 4.78 is 32.9. The van der Waals surface area contributed by atoms with Gasteiger partial charge in [0.1, 0.15) is 5.69 Å². The van der Waals surface area contributed by atoms with Crippen LogP contribution in [0, 0.1) is 6.92 Å². The number of allylic oxidation sites excluding steroid dienone is 2. The molecule has 1 heterocycles. The van der Waals surface area contributed by atoms with Gasteiger partial charge in [0.25, 0.3) is 10.0 Å². The van der Waals surface area contributed by atoms with Crippen LogP contribution in [0.3, 0.4) is 0 Å². The molecule has 0 fully saturated rings. The van der Waals surface area contributed by atoms with Crippen LogP contribution >= 0.6 is 0 Å². The van der Waals surface area contributed by atoms with E-state index >= 15 is 0 Å². The minimum Gasteiger partial charge on any atom is -0.492 e. The number of methoxy groups -OCH3 is 1. The predicted octanol–water partition coefficient (Wildman–Crippen LogP) is 3.50. The fraction of sp³-hybridized carbons (Fsp3) is 0.160. The van der Waals surface area contributed by atoms with Gasteiger partial charge in [-0.25, -0.2) is 12.4 Å². The van der Waals surface area contributed by atoms with E-state index in [0.717, 1.165) is 15.6 Å². The molecule has 1 aliphatic rings. The first-order chi connectivity index (χ1) is 16.1. The number of anilines is 1. The Labute approximate surface area is 197 Å². The normalized spacial score (nSPS) is 13.3. The molecule has 0 bridgehead atoms. The van der Waals surface area contributed by atoms with Crippen LogP contribution in [0.5, 0.6) is 0 Å². The second kappa shape index (κ2) is 8.75. The van der Waals surface area contributed by atoms with E-state index in [4.69, 9.17) is 4.74 Å². The van der Waals surface area contributed by atoms with Crippen molar-refractivity contribution in [1.82, 2.24) is 3.97 Å². The molecule has 0 unspecified atom stereocenters. The van der Waals surface area contributed by atoms with Gasteiger partial charge < -0.3 is 9.64 Å². The molecular weight excluding hydrogens is 456 g/mol. The smallest absolute Gasteiger partial charge is 0.268 e. The van der Waals surface area contributed by atoms with Crippen LogP contribution in [0.2, 0.25) is 0 Å². The molecule has 2 aromatic carbocycles. The highest BCUT2D eigenvalue weighted by Gasteiger charge is 2.37. The van der Waals surface area contributed by atoms with E-state index < -0.39 is 21.6 Å². The number of ether oxygens (including phenoxy) is 1. The van der Waals surface area contributed by atoms with Crippen molar-refractivity contribution in [3.8, 4) is 0 Å². The molecule has 1 amide bonds. The number of carbonyl (C=O) groups excluding carboxylic acids is 3. The van der Waals surface area contributed by atoms with Crippen LogP contribution in [0.1, 0.15) is 38.9 Å². The first-order valence-corrected chi connectivity index (χ1v) is 11.8. The Hall–Kier alpha value is -3.98. The van der Waals surface area contributed by atoms with Gasteiger partial charge >= 0.3 is 0 Å². The molecule has 8 nitrogen and oxygen atoms in total. The number of Topliss-reactive ketones (excluding diaryl/α,β-unsaturated/α-hetero) is 1. The quantitative estimate of drug-likeness (QED) is 0.537. The predicted molar refractivity (Wildman–Crippen MR) is 125 cm³/mol. The fourth-order valence-electron chi connectivity index (χ4n) is 3.84. The van der Waals surface area contributed by atoms with Crippen molar-refractivity contribution < 1.29 is 27.5 Å². The minimum atomic E-state index is -4.23. The van der Waals surface area contributed by atoms with Crippen molar-refractivity contribution in [2.45, 2.75) is 25.3 Å². The number of hydrogen-bond acceptors (Lipinski definition) is 6. The SMILES string of the molecule is COC1=CC(=O)c2c(CN(C(C)=O)c3ccccc3)cn(S(=O)(=O)c3ccc(C)cc3)c2C1=O. The summed E-state index contributed by atoms with van der Waals surface area (Å²) in [6, 6.07) is 14.9. The molecule has 9 heteroatoms. The summed E-state index contributed by atoms with van der Waals surface area (Å²) in [4.78, 5) is 40.0. The lowest BCUT2D eigenvalue weighted by Crippen LogP contribution is -2.29. The summed E-state index contributed by atoms with van der Waals surface area (Å²) in [5.74, 6) is -1.87. The molecule has 3 aromatic rings. The molecule has 4 rings (SSSR count). The molecule has 0 saturated carbocycles. The van der Waals surface area contributed by atoms with E-state index in [9.17, 15) is 22.8 Å².